The van der Waals surface area contributed by atoms with Gasteiger partial charge in [-0.1, -0.05) is 6.92 Å². The summed E-state index contributed by atoms with van der Waals surface area (Å²) in [6.07, 6.45) is 1.66. The first-order valence-electron chi connectivity index (χ1n) is 6.71. The molecule has 0 spiro atoms. The van der Waals surface area contributed by atoms with Crippen molar-refractivity contribution in [2.24, 2.45) is 5.92 Å². The summed E-state index contributed by atoms with van der Waals surface area (Å²) in [7, 11) is 0. The summed E-state index contributed by atoms with van der Waals surface area (Å²) in [5, 5.41) is 15.5. The summed E-state index contributed by atoms with van der Waals surface area (Å²) < 4.78 is 14.4. The lowest BCUT2D eigenvalue weighted by molar-refractivity contribution is -0.140. The standard InChI is InChI=1S/C15H16FN3O3/c1-9(15(21)22)7-17-14(20)13-10(2)8-19(18-13)12-5-3-11(16)4-6-12/h3-6,8-9H,7H2,1-2H3,(H,17,20)(H,21,22). The molecule has 2 N–H and O–H groups in total. The van der Waals surface area contributed by atoms with E-state index in [9.17, 15) is 14.0 Å². The molecule has 0 aliphatic heterocycles. The van der Waals surface area contributed by atoms with Crippen LogP contribution in [-0.4, -0.2) is 33.3 Å². The van der Waals surface area contributed by atoms with Gasteiger partial charge in [-0.25, -0.2) is 9.07 Å². The maximum atomic E-state index is 12.9. The lowest BCUT2D eigenvalue weighted by Gasteiger charge is -2.07. The predicted molar refractivity (Wildman–Crippen MR) is 77.4 cm³/mol. The predicted octanol–water partition coefficient (Wildman–Crippen LogP) is 1.77. The molecule has 0 saturated carbocycles. The zero-order valence-electron chi connectivity index (χ0n) is 12.2. The van der Waals surface area contributed by atoms with E-state index in [1.54, 1.807) is 25.3 Å². The molecule has 0 aliphatic rings. The fraction of sp³-hybridized carbons (Fsp3) is 0.267. The fourth-order valence-corrected chi connectivity index (χ4v) is 1.83. The number of halogens is 1. The second-order valence-electron chi connectivity index (χ2n) is 5.03. The lowest BCUT2D eigenvalue weighted by atomic mass is 10.2. The zero-order chi connectivity index (χ0) is 16.3. The Bertz CT molecular complexity index is 695. The Hall–Kier alpha value is -2.70. The summed E-state index contributed by atoms with van der Waals surface area (Å²) in [5.41, 5.74) is 1.48. The van der Waals surface area contributed by atoms with Crippen LogP contribution in [0.4, 0.5) is 4.39 Å². The van der Waals surface area contributed by atoms with Gasteiger partial charge in [0.2, 0.25) is 0 Å². The van der Waals surface area contributed by atoms with Crippen LogP contribution in [0.25, 0.3) is 5.69 Å². The van der Waals surface area contributed by atoms with E-state index in [1.807, 2.05) is 0 Å². The fourth-order valence-electron chi connectivity index (χ4n) is 1.83. The van der Waals surface area contributed by atoms with Gasteiger partial charge in [0.25, 0.3) is 5.91 Å². The van der Waals surface area contributed by atoms with Crippen LogP contribution in [0.3, 0.4) is 0 Å². The molecular weight excluding hydrogens is 289 g/mol. The molecule has 0 bridgehead atoms. The number of nitrogens with zero attached hydrogens (tertiary/aromatic N) is 2. The minimum absolute atomic E-state index is 0.0248. The number of hydrogen-bond donors (Lipinski definition) is 2. The Kier molecular flexibility index (Phi) is 4.55. The third-order valence-electron chi connectivity index (χ3n) is 3.19. The maximum absolute atomic E-state index is 12.9. The molecule has 7 heteroatoms. The minimum atomic E-state index is -0.978. The van der Waals surface area contributed by atoms with Gasteiger partial charge in [0, 0.05) is 18.3 Å². The minimum Gasteiger partial charge on any atom is -0.481 e. The molecule has 1 atom stereocenters. The summed E-state index contributed by atoms with van der Waals surface area (Å²) in [6.45, 7) is 3.26. The Morgan fingerprint density at radius 1 is 1.36 bits per heavy atom. The van der Waals surface area contributed by atoms with Crippen molar-refractivity contribution in [1.82, 2.24) is 15.1 Å². The van der Waals surface area contributed by atoms with Crippen LogP contribution < -0.4 is 5.32 Å². The number of carbonyl (C=O) groups excluding carboxylic acids is 1. The summed E-state index contributed by atoms with van der Waals surface area (Å²) in [4.78, 5) is 22.8. The highest BCUT2D eigenvalue weighted by molar-refractivity contribution is 5.93. The topological polar surface area (TPSA) is 84.2 Å². The zero-order valence-corrected chi connectivity index (χ0v) is 12.2. The van der Waals surface area contributed by atoms with Crippen LogP contribution >= 0.6 is 0 Å². The van der Waals surface area contributed by atoms with Crippen molar-refractivity contribution >= 4 is 11.9 Å². The second-order valence-corrected chi connectivity index (χ2v) is 5.03. The van der Waals surface area contributed by atoms with Crippen LogP contribution in [0.5, 0.6) is 0 Å². The molecule has 1 aromatic heterocycles. The third kappa shape index (κ3) is 3.49. The van der Waals surface area contributed by atoms with Crippen molar-refractivity contribution in [3.05, 3.63) is 47.5 Å². The SMILES string of the molecule is Cc1cn(-c2ccc(F)cc2)nc1C(=O)NCC(C)C(=O)O. The largest absolute Gasteiger partial charge is 0.481 e. The molecule has 1 aromatic carbocycles. The first-order chi connectivity index (χ1) is 10.4. The average Bonchev–Trinajstić information content (AvgIpc) is 2.87. The summed E-state index contributed by atoms with van der Waals surface area (Å²) in [5.74, 6) is -2.45. The molecule has 1 heterocycles. The summed E-state index contributed by atoms with van der Waals surface area (Å²) >= 11 is 0. The number of rotatable bonds is 5. The molecule has 0 saturated heterocycles. The number of aliphatic carboxylic acids is 1. The van der Waals surface area contributed by atoms with Gasteiger partial charge in [-0.2, -0.15) is 5.10 Å². The van der Waals surface area contributed by atoms with E-state index in [1.165, 1.54) is 23.7 Å². The van der Waals surface area contributed by atoms with Gasteiger partial charge < -0.3 is 10.4 Å². The first kappa shape index (κ1) is 15.7. The van der Waals surface area contributed by atoms with Gasteiger partial charge in [0.05, 0.1) is 11.6 Å². The molecule has 116 valence electrons. The van der Waals surface area contributed by atoms with Crippen molar-refractivity contribution in [2.45, 2.75) is 13.8 Å². The summed E-state index contributed by atoms with van der Waals surface area (Å²) in [6, 6.07) is 5.72. The molecule has 2 rings (SSSR count). The van der Waals surface area contributed by atoms with Gasteiger partial charge >= 0.3 is 5.97 Å². The van der Waals surface area contributed by atoms with Crippen LogP contribution in [0.15, 0.2) is 30.5 Å². The highest BCUT2D eigenvalue weighted by atomic mass is 19.1. The molecule has 0 fully saturated rings. The Labute approximate surface area is 126 Å². The highest BCUT2D eigenvalue weighted by Crippen LogP contribution is 2.12. The number of benzene rings is 1. The first-order valence-corrected chi connectivity index (χ1v) is 6.71. The number of carboxylic acid groups (broad SMARTS) is 1. The highest BCUT2D eigenvalue weighted by Gasteiger charge is 2.17. The molecule has 0 radical (unpaired) electrons. The van der Waals surface area contributed by atoms with Gasteiger partial charge in [-0.15, -0.1) is 0 Å². The van der Waals surface area contributed by atoms with E-state index < -0.39 is 17.8 Å². The Morgan fingerprint density at radius 3 is 2.59 bits per heavy atom. The van der Waals surface area contributed by atoms with Crippen LogP contribution in [-0.2, 0) is 4.79 Å². The molecule has 6 nitrogen and oxygen atoms in total. The van der Waals surface area contributed by atoms with Crippen molar-refractivity contribution in [1.29, 1.82) is 0 Å². The van der Waals surface area contributed by atoms with E-state index in [4.69, 9.17) is 5.11 Å². The van der Waals surface area contributed by atoms with E-state index in [0.717, 1.165) is 0 Å². The van der Waals surface area contributed by atoms with Crippen molar-refractivity contribution < 1.29 is 19.1 Å². The monoisotopic (exact) mass is 305 g/mol. The van der Waals surface area contributed by atoms with E-state index in [-0.39, 0.29) is 18.1 Å². The molecule has 2 aromatic rings. The van der Waals surface area contributed by atoms with Crippen LogP contribution in [0.2, 0.25) is 0 Å². The average molecular weight is 305 g/mol. The van der Waals surface area contributed by atoms with Gasteiger partial charge in [-0.05, 0) is 31.2 Å². The number of carboxylic acids is 1. The van der Waals surface area contributed by atoms with Gasteiger partial charge in [0.15, 0.2) is 5.69 Å². The van der Waals surface area contributed by atoms with Crippen LogP contribution in [0.1, 0.15) is 23.0 Å². The smallest absolute Gasteiger partial charge is 0.308 e. The number of nitrogens with one attached hydrogen (secondary N) is 1. The molecular formula is C15H16FN3O3. The lowest BCUT2D eigenvalue weighted by Crippen LogP contribution is -2.32. The number of aryl methyl sites for hydroxylation is 1. The number of hydrogen-bond acceptors (Lipinski definition) is 3. The second kappa shape index (κ2) is 6.38. The maximum Gasteiger partial charge on any atom is 0.308 e. The van der Waals surface area contributed by atoms with Crippen molar-refractivity contribution in [3.63, 3.8) is 0 Å². The van der Waals surface area contributed by atoms with Crippen molar-refractivity contribution in [2.75, 3.05) is 6.54 Å². The normalized spacial score (nSPS) is 12.0. The van der Waals surface area contributed by atoms with E-state index in [0.29, 0.717) is 11.3 Å². The van der Waals surface area contributed by atoms with Gasteiger partial charge in [0.1, 0.15) is 5.82 Å². The third-order valence-corrected chi connectivity index (χ3v) is 3.19. The number of carbonyl (C=O) groups is 2. The van der Waals surface area contributed by atoms with Crippen molar-refractivity contribution in [3.8, 4) is 5.69 Å². The molecule has 0 aliphatic carbocycles. The Morgan fingerprint density at radius 2 is 2.00 bits per heavy atom. The molecule has 1 unspecified atom stereocenters. The van der Waals surface area contributed by atoms with Gasteiger partial charge in [-0.3, -0.25) is 9.59 Å². The quantitative estimate of drug-likeness (QED) is 0.881. The van der Waals surface area contributed by atoms with E-state index >= 15 is 0 Å². The number of amides is 1. The molecule has 1 amide bonds. The van der Waals surface area contributed by atoms with E-state index in [2.05, 4.69) is 10.4 Å². The molecule has 22 heavy (non-hydrogen) atoms. The number of aromatic nitrogens is 2. The van der Waals surface area contributed by atoms with Crippen LogP contribution in [0, 0.1) is 18.7 Å². The Balaban J connectivity index is 2.14.